The Kier molecular flexibility index (Phi) is 5.00. The number of aromatic nitrogens is 1. The molecule has 0 aliphatic carbocycles. The van der Waals surface area contributed by atoms with Crippen molar-refractivity contribution in [3.63, 3.8) is 0 Å². The lowest BCUT2D eigenvalue weighted by Crippen LogP contribution is -2.09. The van der Waals surface area contributed by atoms with E-state index in [9.17, 15) is 0 Å². The van der Waals surface area contributed by atoms with Crippen LogP contribution < -0.4 is 15.2 Å². The van der Waals surface area contributed by atoms with Gasteiger partial charge in [-0.25, -0.2) is 4.98 Å². The van der Waals surface area contributed by atoms with Crippen molar-refractivity contribution in [2.75, 3.05) is 18.9 Å². The summed E-state index contributed by atoms with van der Waals surface area (Å²) in [6.07, 6.45) is 0. The van der Waals surface area contributed by atoms with Crippen LogP contribution in [0.5, 0.6) is 11.5 Å². The van der Waals surface area contributed by atoms with Gasteiger partial charge in [-0.05, 0) is 36.4 Å². The van der Waals surface area contributed by atoms with Crippen LogP contribution in [0, 0.1) is 0 Å². The highest BCUT2D eigenvalue weighted by molar-refractivity contribution is 7.13. The molecule has 23 heavy (non-hydrogen) atoms. The standard InChI is InChI=1S/C17H15ClN2O2S/c18-12-5-7-13(8-6-12)21-9-10-22-16-4-2-1-3-14(16)15-11-23-17(19)20-15/h1-8,11H,9-10H2,(H2,19,20). The number of rotatable bonds is 6. The molecule has 0 saturated carbocycles. The van der Waals surface area contributed by atoms with Gasteiger partial charge in [0, 0.05) is 16.0 Å². The Balaban J connectivity index is 1.59. The first-order valence-electron chi connectivity index (χ1n) is 7.04. The highest BCUT2D eigenvalue weighted by atomic mass is 35.5. The molecule has 2 N–H and O–H groups in total. The molecular formula is C17H15ClN2O2S. The molecule has 0 amide bonds. The fourth-order valence-corrected chi connectivity index (χ4v) is 2.75. The minimum absolute atomic E-state index is 0.430. The monoisotopic (exact) mass is 346 g/mol. The average molecular weight is 347 g/mol. The number of hydrogen-bond donors (Lipinski definition) is 1. The summed E-state index contributed by atoms with van der Waals surface area (Å²) in [7, 11) is 0. The van der Waals surface area contributed by atoms with Gasteiger partial charge in [0.15, 0.2) is 5.13 Å². The van der Waals surface area contributed by atoms with E-state index in [1.54, 1.807) is 12.1 Å². The summed E-state index contributed by atoms with van der Waals surface area (Å²) in [5, 5.41) is 3.15. The Hall–Kier alpha value is -2.24. The smallest absolute Gasteiger partial charge is 0.180 e. The van der Waals surface area contributed by atoms with Crippen LogP contribution in [-0.4, -0.2) is 18.2 Å². The van der Waals surface area contributed by atoms with Crippen molar-refractivity contribution in [3.05, 3.63) is 58.9 Å². The van der Waals surface area contributed by atoms with Gasteiger partial charge in [0.1, 0.15) is 24.7 Å². The van der Waals surface area contributed by atoms with E-state index in [-0.39, 0.29) is 0 Å². The second-order valence-corrected chi connectivity index (χ2v) is 6.04. The van der Waals surface area contributed by atoms with Gasteiger partial charge < -0.3 is 15.2 Å². The zero-order valence-electron chi connectivity index (χ0n) is 12.2. The van der Waals surface area contributed by atoms with Crippen molar-refractivity contribution in [2.45, 2.75) is 0 Å². The van der Waals surface area contributed by atoms with E-state index in [1.165, 1.54) is 11.3 Å². The molecule has 1 heterocycles. The Morgan fingerprint density at radius 1 is 1.00 bits per heavy atom. The molecule has 0 aliphatic rings. The minimum atomic E-state index is 0.430. The number of nitrogen functional groups attached to an aromatic ring is 1. The lowest BCUT2D eigenvalue weighted by molar-refractivity contribution is 0.217. The highest BCUT2D eigenvalue weighted by Crippen LogP contribution is 2.31. The van der Waals surface area contributed by atoms with Crippen LogP contribution >= 0.6 is 22.9 Å². The Labute approximate surface area is 143 Å². The molecule has 2 aromatic carbocycles. The van der Waals surface area contributed by atoms with Crippen molar-refractivity contribution in [1.29, 1.82) is 0 Å². The van der Waals surface area contributed by atoms with Crippen LogP contribution in [0.25, 0.3) is 11.3 Å². The average Bonchev–Trinajstić information content (AvgIpc) is 3.00. The molecule has 0 spiro atoms. The largest absolute Gasteiger partial charge is 0.490 e. The number of para-hydroxylation sites is 1. The molecule has 118 valence electrons. The number of hydrogen-bond acceptors (Lipinski definition) is 5. The van der Waals surface area contributed by atoms with Crippen LogP contribution in [-0.2, 0) is 0 Å². The first-order chi connectivity index (χ1) is 11.2. The number of benzene rings is 2. The molecule has 0 aliphatic heterocycles. The fourth-order valence-electron chi connectivity index (χ4n) is 2.06. The third-order valence-corrected chi connectivity index (χ3v) is 4.03. The summed E-state index contributed by atoms with van der Waals surface area (Å²) in [4.78, 5) is 4.30. The quantitative estimate of drug-likeness (QED) is 0.667. The minimum Gasteiger partial charge on any atom is -0.490 e. The Bertz CT molecular complexity index is 774. The van der Waals surface area contributed by atoms with Crippen molar-refractivity contribution in [3.8, 4) is 22.8 Å². The van der Waals surface area contributed by atoms with Crippen LogP contribution in [0.4, 0.5) is 5.13 Å². The lowest BCUT2D eigenvalue weighted by Gasteiger charge is -2.11. The van der Waals surface area contributed by atoms with Crippen LogP contribution in [0.3, 0.4) is 0 Å². The van der Waals surface area contributed by atoms with Crippen molar-refractivity contribution >= 4 is 28.1 Å². The first-order valence-corrected chi connectivity index (χ1v) is 8.30. The zero-order valence-corrected chi connectivity index (χ0v) is 13.8. The SMILES string of the molecule is Nc1nc(-c2ccccc2OCCOc2ccc(Cl)cc2)cs1. The second kappa shape index (κ2) is 7.35. The van der Waals surface area contributed by atoms with E-state index in [0.717, 1.165) is 22.8 Å². The molecular weight excluding hydrogens is 332 g/mol. The molecule has 0 atom stereocenters. The molecule has 0 radical (unpaired) electrons. The molecule has 0 saturated heterocycles. The zero-order chi connectivity index (χ0) is 16.1. The fraction of sp³-hybridized carbons (Fsp3) is 0.118. The number of ether oxygens (including phenoxy) is 2. The van der Waals surface area contributed by atoms with Crippen molar-refractivity contribution in [2.24, 2.45) is 0 Å². The van der Waals surface area contributed by atoms with Gasteiger partial charge in [-0.3, -0.25) is 0 Å². The number of nitrogens with zero attached hydrogens (tertiary/aromatic N) is 1. The molecule has 6 heteroatoms. The van der Waals surface area contributed by atoms with E-state index in [1.807, 2.05) is 41.8 Å². The molecule has 3 aromatic rings. The third-order valence-electron chi connectivity index (χ3n) is 3.11. The highest BCUT2D eigenvalue weighted by Gasteiger charge is 2.09. The summed E-state index contributed by atoms with van der Waals surface area (Å²) >= 11 is 7.25. The Morgan fingerprint density at radius 2 is 1.74 bits per heavy atom. The molecule has 0 bridgehead atoms. The van der Waals surface area contributed by atoms with E-state index in [2.05, 4.69) is 4.98 Å². The molecule has 0 fully saturated rings. The van der Waals surface area contributed by atoms with E-state index in [4.69, 9.17) is 26.8 Å². The lowest BCUT2D eigenvalue weighted by atomic mass is 10.1. The van der Waals surface area contributed by atoms with E-state index < -0.39 is 0 Å². The van der Waals surface area contributed by atoms with Gasteiger partial charge in [0.25, 0.3) is 0 Å². The van der Waals surface area contributed by atoms with Gasteiger partial charge in [0.05, 0.1) is 5.69 Å². The van der Waals surface area contributed by atoms with Gasteiger partial charge in [0.2, 0.25) is 0 Å². The first kappa shape index (κ1) is 15.6. The molecule has 4 nitrogen and oxygen atoms in total. The number of anilines is 1. The van der Waals surface area contributed by atoms with Crippen LogP contribution in [0.2, 0.25) is 5.02 Å². The number of thiazole rings is 1. The van der Waals surface area contributed by atoms with E-state index in [0.29, 0.717) is 23.4 Å². The molecule has 3 rings (SSSR count). The predicted octanol–water partition coefficient (Wildman–Crippen LogP) is 4.50. The van der Waals surface area contributed by atoms with Gasteiger partial charge in [-0.2, -0.15) is 0 Å². The molecule has 0 unspecified atom stereocenters. The summed E-state index contributed by atoms with van der Waals surface area (Å²) in [6.45, 7) is 0.869. The number of nitrogens with two attached hydrogens (primary N) is 1. The van der Waals surface area contributed by atoms with Gasteiger partial charge in [-0.1, -0.05) is 23.7 Å². The van der Waals surface area contributed by atoms with Crippen LogP contribution in [0.1, 0.15) is 0 Å². The van der Waals surface area contributed by atoms with Gasteiger partial charge in [-0.15, -0.1) is 11.3 Å². The van der Waals surface area contributed by atoms with Gasteiger partial charge >= 0.3 is 0 Å². The van der Waals surface area contributed by atoms with Crippen molar-refractivity contribution in [1.82, 2.24) is 4.98 Å². The third kappa shape index (κ3) is 4.15. The summed E-state index contributed by atoms with van der Waals surface area (Å²) in [5.74, 6) is 1.52. The summed E-state index contributed by atoms with van der Waals surface area (Å²) < 4.78 is 11.4. The predicted molar refractivity (Wildman–Crippen MR) is 94.4 cm³/mol. The maximum atomic E-state index is 5.84. The normalized spacial score (nSPS) is 10.5. The van der Waals surface area contributed by atoms with E-state index >= 15 is 0 Å². The second-order valence-electron chi connectivity index (χ2n) is 4.72. The number of halogens is 1. The van der Waals surface area contributed by atoms with Crippen LogP contribution in [0.15, 0.2) is 53.9 Å². The van der Waals surface area contributed by atoms with Crippen molar-refractivity contribution < 1.29 is 9.47 Å². The summed E-state index contributed by atoms with van der Waals surface area (Å²) in [6, 6.07) is 15.0. The summed E-state index contributed by atoms with van der Waals surface area (Å²) in [5.41, 5.74) is 7.44. The molecule has 1 aromatic heterocycles. The topological polar surface area (TPSA) is 57.4 Å². The Morgan fingerprint density at radius 3 is 2.48 bits per heavy atom. The maximum Gasteiger partial charge on any atom is 0.180 e. The maximum absolute atomic E-state index is 5.84.